The number of nitrogens with one attached hydrogen (secondary N) is 1. The number of carbonyl (C=O) groups excluding carboxylic acids is 1. The lowest BCUT2D eigenvalue weighted by atomic mass is 10.2. The van der Waals surface area contributed by atoms with Gasteiger partial charge in [0.15, 0.2) is 0 Å². The predicted octanol–water partition coefficient (Wildman–Crippen LogP) is 4.74. The molecule has 9 heteroatoms. The van der Waals surface area contributed by atoms with Gasteiger partial charge in [-0.3, -0.25) is 9.69 Å². The zero-order valence-electron chi connectivity index (χ0n) is 20.2. The third kappa shape index (κ3) is 7.66. The molecular formula is C27H30Cl2N4O3. The molecule has 1 atom stereocenters. The number of carbonyl (C=O) groups is 1. The van der Waals surface area contributed by atoms with Gasteiger partial charge in [-0.15, -0.1) is 0 Å². The molecule has 0 radical (unpaired) electrons. The zero-order chi connectivity index (χ0) is 25.3. The number of piperazine rings is 1. The first-order valence-electron chi connectivity index (χ1n) is 11.9. The summed E-state index contributed by atoms with van der Waals surface area (Å²) in [5, 5.41) is 3.96. The lowest BCUT2D eigenvalue weighted by Gasteiger charge is -2.34. The third-order valence-electron chi connectivity index (χ3n) is 5.96. The Bertz CT molecular complexity index is 1140. The molecular weight excluding hydrogens is 499 g/mol. The van der Waals surface area contributed by atoms with Crippen LogP contribution in [-0.2, 0) is 11.3 Å². The van der Waals surface area contributed by atoms with E-state index in [1.54, 1.807) is 36.5 Å². The van der Waals surface area contributed by atoms with Gasteiger partial charge < -0.3 is 19.7 Å². The Hall–Kier alpha value is -2.68. The highest BCUT2D eigenvalue weighted by Gasteiger charge is 2.23. The van der Waals surface area contributed by atoms with Gasteiger partial charge in [0.2, 0.25) is 5.88 Å². The highest BCUT2D eigenvalue weighted by atomic mass is 35.5. The van der Waals surface area contributed by atoms with Gasteiger partial charge in [0.25, 0.3) is 5.91 Å². The highest BCUT2D eigenvalue weighted by Crippen LogP contribution is 2.32. The zero-order valence-corrected chi connectivity index (χ0v) is 21.7. The molecule has 1 aliphatic rings. The van der Waals surface area contributed by atoms with Crippen LogP contribution in [0, 0.1) is 0 Å². The number of pyridine rings is 1. The van der Waals surface area contributed by atoms with Crippen LogP contribution in [-0.4, -0.2) is 73.1 Å². The van der Waals surface area contributed by atoms with E-state index < -0.39 is 0 Å². The van der Waals surface area contributed by atoms with Gasteiger partial charge in [0, 0.05) is 43.9 Å². The molecule has 1 aromatic heterocycles. The Kier molecular flexibility index (Phi) is 9.55. The summed E-state index contributed by atoms with van der Waals surface area (Å²) in [6.07, 6.45) is 1.57. The summed E-state index contributed by atoms with van der Waals surface area (Å²) in [7, 11) is 2.12. The van der Waals surface area contributed by atoms with Crippen molar-refractivity contribution in [3.63, 3.8) is 0 Å². The van der Waals surface area contributed by atoms with Crippen LogP contribution in [0.15, 0.2) is 66.9 Å². The number of halogens is 2. The third-order valence-corrected chi connectivity index (χ3v) is 6.49. The number of aromatic nitrogens is 1. The molecule has 7 nitrogen and oxygen atoms in total. The minimum absolute atomic E-state index is 0.169. The van der Waals surface area contributed by atoms with Crippen LogP contribution in [0.1, 0.15) is 15.9 Å². The van der Waals surface area contributed by atoms with E-state index in [1.165, 1.54) is 0 Å². The Morgan fingerprint density at radius 1 is 1.06 bits per heavy atom. The van der Waals surface area contributed by atoms with Crippen molar-refractivity contribution in [2.45, 2.75) is 12.6 Å². The summed E-state index contributed by atoms with van der Waals surface area (Å²) < 4.78 is 11.9. The molecule has 1 saturated heterocycles. The number of hydrogen-bond acceptors (Lipinski definition) is 6. The second-order valence-corrected chi connectivity index (χ2v) is 9.65. The molecule has 3 aromatic rings. The van der Waals surface area contributed by atoms with E-state index in [-0.39, 0.29) is 17.8 Å². The van der Waals surface area contributed by atoms with Crippen molar-refractivity contribution < 1.29 is 14.3 Å². The topological polar surface area (TPSA) is 66.9 Å². The molecule has 0 spiro atoms. The van der Waals surface area contributed by atoms with Gasteiger partial charge in [-0.1, -0.05) is 53.5 Å². The average Bonchev–Trinajstić information content (AvgIpc) is 2.88. The summed E-state index contributed by atoms with van der Waals surface area (Å²) >= 11 is 12.2. The number of benzene rings is 2. The summed E-state index contributed by atoms with van der Waals surface area (Å²) in [5.74, 6) is 0.252. The molecule has 0 aliphatic carbocycles. The SMILES string of the molecule is CN1CCN(C[C@@H](COCc2ccccc2)NC(=O)c2cccnc2Oc2ccc(Cl)cc2Cl)CC1. The fourth-order valence-corrected chi connectivity index (χ4v) is 4.39. The quantitative estimate of drug-likeness (QED) is 0.409. The van der Waals surface area contributed by atoms with Gasteiger partial charge >= 0.3 is 0 Å². The molecule has 2 heterocycles. The van der Waals surface area contributed by atoms with E-state index in [9.17, 15) is 4.79 Å². The number of likely N-dealkylation sites (N-methyl/N-ethyl adjacent to an activating group) is 1. The van der Waals surface area contributed by atoms with Gasteiger partial charge in [0.05, 0.1) is 24.3 Å². The van der Waals surface area contributed by atoms with E-state index >= 15 is 0 Å². The van der Waals surface area contributed by atoms with E-state index in [0.717, 1.165) is 31.7 Å². The number of amides is 1. The Balaban J connectivity index is 1.45. The molecule has 1 fully saturated rings. The van der Waals surface area contributed by atoms with E-state index in [0.29, 0.717) is 41.1 Å². The first kappa shape index (κ1) is 26.4. The minimum Gasteiger partial charge on any atom is -0.437 e. The number of hydrogen-bond donors (Lipinski definition) is 1. The number of nitrogens with zero attached hydrogens (tertiary/aromatic N) is 3. The Morgan fingerprint density at radius 2 is 1.83 bits per heavy atom. The Morgan fingerprint density at radius 3 is 2.58 bits per heavy atom. The van der Waals surface area contributed by atoms with E-state index in [2.05, 4.69) is 27.1 Å². The normalized spacial score (nSPS) is 15.4. The van der Waals surface area contributed by atoms with Gasteiger partial charge in [-0.05, 0) is 42.9 Å². The van der Waals surface area contributed by atoms with Gasteiger partial charge in [-0.25, -0.2) is 4.98 Å². The van der Waals surface area contributed by atoms with Gasteiger partial charge in [0.1, 0.15) is 11.3 Å². The summed E-state index contributed by atoms with van der Waals surface area (Å²) in [5.41, 5.74) is 1.40. The average molecular weight is 529 g/mol. The molecule has 1 aliphatic heterocycles. The number of rotatable bonds is 10. The number of ether oxygens (including phenoxy) is 2. The molecule has 4 rings (SSSR count). The maximum absolute atomic E-state index is 13.4. The maximum atomic E-state index is 13.4. The summed E-state index contributed by atoms with van der Waals surface area (Å²) in [6, 6.07) is 18.1. The van der Waals surface area contributed by atoms with Crippen molar-refractivity contribution in [2.75, 3.05) is 46.4 Å². The molecule has 2 aromatic carbocycles. The first-order valence-corrected chi connectivity index (χ1v) is 12.6. The maximum Gasteiger partial charge on any atom is 0.257 e. The van der Waals surface area contributed by atoms with Crippen molar-refractivity contribution in [3.8, 4) is 11.6 Å². The van der Waals surface area contributed by atoms with E-state index in [1.807, 2.05) is 30.3 Å². The van der Waals surface area contributed by atoms with Crippen LogP contribution < -0.4 is 10.1 Å². The first-order chi connectivity index (χ1) is 17.5. The van der Waals surface area contributed by atoms with Gasteiger partial charge in [-0.2, -0.15) is 0 Å². The fourth-order valence-electron chi connectivity index (χ4n) is 3.95. The Labute approximate surface area is 221 Å². The molecule has 0 unspecified atom stereocenters. The van der Waals surface area contributed by atoms with E-state index in [4.69, 9.17) is 32.7 Å². The second kappa shape index (κ2) is 13.0. The van der Waals surface area contributed by atoms with Crippen molar-refractivity contribution in [1.82, 2.24) is 20.1 Å². The molecule has 0 saturated carbocycles. The van der Waals surface area contributed by atoms with Crippen LogP contribution in [0.25, 0.3) is 0 Å². The molecule has 190 valence electrons. The van der Waals surface area contributed by atoms with Crippen LogP contribution in [0.4, 0.5) is 0 Å². The largest absolute Gasteiger partial charge is 0.437 e. The molecule has 36 heavy (non-hydrogen) atoms. The van der Waals surface area contributed by atoms with Crippen molar-refractivity contribution in [2.24, 2.45) is 0 Å². The van der Waals surface area contributed by atoms with Crippen molar-refractivity contribution in [3.05, 3.63) is 88.0 Å². The fraction of sp³-hybridized carbons (Fsp3) is 0.333. The van der Waals surface area contributed by atoms with Crippen molar-refractivity contribution in [1.29, 1.82) is 0 Å². The lowest BCUT2D eigenvalue weighted by molar-refractivity contribution is 0.0651. The minimum atomic E-state index is -0.286. The second-order valence-electron chi connectivity index (χ2n) is 8.81. The van der Waals surface area contributed by atoms with Crippen LogP contribution in [0.3, 0.4) is 0 Å². The van der Waals surface area contributed by atoms with Crippen LogP contribution >= 0.6 is 23.2 Å². The molecule has 1 amide bonds. The summed E-state index contributed by atoms with van der Waals surface area (Å²) in [6.45, 7) is 5.42. The van der Waals surface area contributed by atoms with Crippen LogP contribution in [0.2, 0.25) is 10.0 Å². The highest BCUT2D eigenvalue weighted by molar-refractivity contribution is 6.35. The lowest BCUT2D eigenvalue weighted by Crippen LogP contribution is -2.52. The molecule has 1 N–H and O–H groups in total. The molecule has 0 bridgehead atoms. The monoisotopic (exact) mass is 528 g/mol. The van der Waals surface area contributed by atoms with Crippen LogP contribution in [0.5, 0.6) is 11.6 Å². The standard InChI is InChI=1S/C27H30Cl2N4O3/c1-32-12-14-33(15-13-32)17-22(19-35-18-20-6-3-2-4-7-20)31-26(34)23-8-5-11-30-27(23)36-25-10-9-21(28)16-24(25)29/h2-11,16,22H,12-15,17-19H2,1H3,(H,31,34)/t22-/m0/s1. The predicted molar refractivity (Wildman–Crippen MR) is 142 cm³/mol. The smallest absolute Gasteiger partial charge is 0.257 e. The van der Waals surface area contributed by atoms with Crippen molar-refractivity contribution >= 4 is 29.1 Å². The summed E-state index contributed by atoms with van der Waals surface area (Å²) in [4.78, 5) is 22.3.